The Morgan fingerprint density at radius 3 is 2.60 bits per heavy atom. The molecule has 2 nitrogen and oxygen atoms in total. The van der Waals surface area contributed by atoms with Crippen molar-refractivity contribution < 1.29 is 17.6 Å². The van der Waals surface area contributed by atoms with Gasteiger partial charge in [0.05, 0.1) is 17.3 Å². The maximum atomic E-state index is 12.9. The van der Waals surface area contributed by atoms with Crippen molar-refractivity contribution in [2.45, 2.75) is 13.1 Å². The van der Waals surface area contributed by atoms with Gasteiger partial charge in [0, 0.05) is 6.20 Å². The lowest BCUT2D eigenvalue weighted by Crippen LogP contribution is -2.08. The van der Waals surface area contributed by atoms with Crippen molar-refractivity contribution in [1.29, 1.82) is 0 Å². The van der Waals surface area contributed by atoms with Gasteiger partial charge >= 0.3 is 6.18 Å². The van der Waals surface area contributed by atoms with Crippen LogP contribution in [0.1, 0.15) is 11.4 Å². The van der Waals surface area contributed by atoms with Crippen LogP contribution >= 0.6 is 0 Å². The number of nitrogens with zero attached hydrogens (tertiary/aromatic N) is 2. The zero-order chi connectivity index (χ0) is 11.2. The van der Waals surface area contributed by atoms with Gasteiger partial charge in [0.2, 0.25) is 0 Å². The summed E-state index contributed by atoms with van der Waals surface area (Å²) in [5.74, 6) is -0.620. The molecule has 2 aromatic heterocycles. The number of imidazole rings is 1. The van der Waals surface area contributed by atoms with Crippen LogP contribution in [0.3, 0.4) is 0 Å². The third-order valence-electron chi connectivity index (χ3n) is 2.10. The van der Waals surface area contributed by atoms with Gasteiger partial charge in [-0.3, -0.25) is 0 Å². The highest BCUT2D eigenvalue weighted by Crippen LogP contribution is 2.33. The average molecular weight is 218 g/mol. The van der Waals surface area contributed by atoms with E-state index in [1.54, 1.807) is 0 Å². The summed E-state index contributed by atoms with van der Waals surface area (Å²) in [6, 6.07) is 0.469. The van der Waals surface area contributed by atoms with Crippen LogP contribution in [0.5, 0.6) is 0 Å². The standard InChI is InChI=1S/C9H6F4N2/c1-5-14-3-8-7(9(11,12)13)2-6(10)4-15(5)8/h2-4H,1H3. The number of aryl methyl sites for hydroxylation is 1. The van der Waals surface area contributed by atoms with Gasteiger partial charge in [-0.15, -0.1) is 0 Å². The summed E-state index contributed by atoms with van der Waals surface area (Å²) in [6.07, 6.45) is -2.51. The van der Waals surface area contributed by atoms with E-state index in [0.29, 0.717) is 11.9 Å². The molecule has 80 valence electrons. The number of halogens is 4. The summed E-state index contributed by atoms with van der Waals surface area (Å²) < 4.78 is 51.5. The van der Waals surface area contributed by atoms with Crippen molar-refractivity contribution in [2.24, 2.45) is 0 Å². The second kappa shape index (κ2) is 2.95. The van der Waals surface area contributed by atoms with Crippen molar-refractivity contribution in [2.75, 3.05) is 0 Å². The fourth-order valence-electron chi connectivity index (χ4n) is 1.42. The molecule has 0 aliphatic carbocycles. The van der Waals surface area contributed by atoms with Gasteiger partial charge in [0.25, 0.3) is 0 Å². The number of hydrogen-bond donors (Lipinski definition) is 0. The van der Waals surface area contributed by atoms with Gasteiger partial charge in [-0.25, -0.2) is 9.37 Å². The number of rotatable bonds is 0. The Morgan fingerprint density at radius 2 is 2.00 bits per heavy atom. The smallest absolute Gasteiger partial charge is 0.300 e. The Bertz CT molecular complexity index is 513. The Balaban J connectivity index is 2.84. The molecule has 0 fully saturated rings. The van der Waals surface area contributed by atoms with Crippen LogP contribution in [0.4, 0.5) is 17.6 Å². The molecule has 0 aliphatic heterocycles. The van der Waals surface area contributed by atoms with Crippen molar-refractivity contribution in [3.63, 3.8) is 0 Å². The molecule has 0 bridgehead atoms. The molecule has 0 spiro atoms. The lowest BCUT2D eigenvalue weighted by Gasteiger charge is -2.08. The maximum absolute atomic E-state index is 12.9. The Labute approximate surface area is 82.2 Å². The fraction of sp³-hybridized carbons (Fsp3) is 0.222. The summed E-state index contributed by atoms with van der Waals surface area (Å²) in [5, 5.41) is 0. The number of fused-ring (bicyclic) bond motifs is 1. The lowest BCUT2D eigenvalue weighted by atomic mass is 10.2. The molecule has 2 aromatic rings. The molecule has 15 heavy (non-hydrogen) atoms. The van der Waals surface area contributed by atoms with Crippen LogP contribution in [0, 0.1) is 12.7 Å². The number of pyridine rings is 1. The molecular formula is C9H6F4N2. The molecule has 2 heterocycles. The van der Waals surface area contributed by atoms with Crippen LogP contribution in [-0.4, -0.2) is 9.38 Å². The molecule has 0 unspecified atom stereocenters. The number of alkyl halides is 3. The van der Waals surface area contributed by atoms with E-state index in [4.69, 9.17) is 0 Å². The van der Waals surface area contributed by atoms with Crippen molar-refractivity contribution >= 4 is 5.52 Å². The molecule has 0 aliphatic rings. The van der Waals surface area contributed by atoms with Crippen LogP contribution in [0.15, 0.2) is 18.5 Å². The predicted octanol–water partition coefficient (Wildman–Crippen LogP) is 2.80. The second-order valence-electron chi connectivity index (χ2n) is 3.13. The highest BCUT2D eigenvalue weighted by molar-refractivity contribution is 5.55. The van der Waals surface area contributed by atoms with Gasteiger partial charge in [0.15, 0.2) is 0 Å². The molecule has 0 amide bonds. The first kappa shape index (κ1) is 9.95. The van der Waals surface area contributed by atoms with Crippen molar-refractivity contribution in [1.82, 2.24) is 9.38 Å². The summed E-state index contributed by atoms with van der Waals surface area (Å²) >= 11 is 0. The van der Waals surface area contributed by atoms with Gasteiger partial charge < -0.3 is 4.40 Å². The Hall–Kier alpha value is -1.59. The van der Waals surface area contributed by atoms with Gasteiger partial charge in [-0.05, 0) is 13.0 Å². The van der Waals surface area contributed by atoms with E-state index < -0.39 is 17.6 Å². The zero-order valence-electron chi connectivity index (χ0n) is 7.64. The summed E-state index contributed by atoms with van der Waals surface area (Å²) in [5.41, 5.74) is -1.15. The molecule has 0 aromatic carbocycles. The zero-order valence-corrected chi connectivity index (χ0v) is 7.64. The highest BCUT2D eigenvalue weighted by atomic mass is 19.4. The highest BCUT2D eigenvalue weighted by Gasteiger charge is 2.34. The van der Waals surface area contributed by atoms with E-state index in [1.165, 1.54) is 6.92 Å². The first-order chi connectivity index (χ1) is 6.89. The van der Waals surface area contributed by atoms with E-state index in [0.717, 1.165) is 16.8 Å². The Morgan fingerprint density at radius 1 is 1.33 bits per heavy atom. The maximum Gasteiger partial charge on any atom is 0.418 e. The first-order valence-corrected chi connectivity index (χ1v) is 4.10. The molecule has 0 atom stereocenters. The monoisotopic (exact) mass is 218 g/mol. The topological polar surface area (TPSA) is 17.3 Å². The van der Waals surface area contributed by atoms with Crippen LogP contribution < -0.4 is 0 Å². The van der Waals surface area contributed by atoms with Crippen LogP contribution in [0.25, 0.3) is 5.52 Å². The molecule has 0 saturated carbocycles. The van der Waals surface area contributed by atoms with Crippen molar-refractivity contribution in [3.05, 3.63) is 35.7 Å². The van der Waals surface area contributed by atoms with Gasteiger partial charge in [-0.1, -0.05) is 0 Å². The molecule has 0 saturated heterocycles. The Kier molecular flexibility index (Phi) is 1.95. The quantitative estimate of drug-likeness (QED) is 0.621. The lowest BCUT2D eigenvalue weighted by molar-refractivity contribution is -0.136. The molecule has 0 radical (unpaired) electrons. The minimum Gasteiger partial charge on any atom is -0.300 e. The predicted molar refractivity (Wildman–Crippen MR) is 44.9 cm³/mol. The number of hydrogen-bond acceptors (Lipinski definition) is 1. The average Bonchev–Trinajstić information content (AvgIpc) is 2.45. The normalized spacial score (nSPS) is 12.3. The molecular weight excluding hydrogens is 212 g/mol. The largest absolute Gasteiger partial charge is 0.418 e. The summed E-state index contributed by atoms with van der Waals surface area (Å²) in [7, 11) is 0. The minimum absolute atomic E-state index is 0.138. The van der Waals surface area contributed by atoms with E-state index in [-0.39, 0.29) is 5.52 Å². The van der Waals surface area contributed by atoms with Crippen molar-refractivity contribution in [3.8, 4) is 0 Å². The van der Waals surface area contributed by atoms with Crippen LogP contribution in [-0.2, 0) is 6.18 Å². The van der Waals surface area contributed by atoms with Crippen LogP contribution in [0.2, 0.25) is 0 Å². The van der Waals surface area contributed by atoms with E-state index in [9.17, 15) is 17.6 Å². The van der Waals surface area contributed by atoms with E-state index >= 15 is 0 Å². The number of aromatic nitrogens is 2. The molecule has 2 rings (SSSR count). The SMILES string of the molecule is Cc1ncc2c(C(F)(F)F)cc(F)cn12. The minimum atomic E-state index is -4.57. The molecule has 0 N–H and O–H groups in total. The third kappa shape index (κ3) is 1.55. The van der Waals surface area contributed by atoms with Gasteiger partial charge in [-0.2, -0.15) is 13.2 Å². The third-order valence-corrected chi connectivity index (χ3v) is 2.10. The second-order valence-corrected chi connectivity index (χ2v) is 3.13. The fourth-order valence-corrected chi connectivity index (χ4v) is 1.42. The van der Waals surface area contributed by atoms with Gasteiger partial charge in [0.1, 0.15) is 11.6 Å². The summed E-state index contributed by atoms with van der Waals surface area (Å²) in [4.78, 5) is 3.71. The summed E-state index contributed by atoms with van der Waals surface area (Å²) in [6.45, 7) is 1.51. The first-order valence-electron chi connectivity index (χ1n) is 4.10. The van der Waals surface area contributed by atoms with E-state index in [1.807, 2.05) is 0 Å². The molecule has 6 heteroatoms. The van der Waals surface area contributed by atoms with E-state index in [2.05, 4.69) is 4.98 Å².